The van der Waals surface area contributed by atoms with Crippen LogP contribution >= 0.6 is 0 Å². The average molecular weight is 387 g/mol. The summed E-state index contributed by atoms with van der Waals surface area (Å²) in [6.45, 7) is 4.00. The van der Waals surface area contributed by atoms with Crippen LogP contribution in [0.2, 0.25) is 0 Å². The summed E-state index contributed by atoms with van der Waals surface area (Å²) in [5, 5.41) is 10.4. The second-order valence-corrected chi connectivity index (χ2v) is 6.53. The van der Waals surface area contributed by atoms with E-state index in [-0.39, 0.29) is 0 Å². The normalized spacial score (nSPS) is 10.7. The number of benzene rings is 2. The van der Waals surface area contributed by atoms with Crippen molar-refractivity contribution in [1.29, 1.82) is 0 Å². The highest BCUT2D eigenvalue weighted by molar-refractivity contribution is 5.61. The maximum absolute atomic E-state index is 5.87. The van der Waals surface area contributed by atoms with Gasteiger partial charge in [-0.15, -0.1) is 5.10 Å². The van der Waals surface area contributed by atoms with Crippen molar-refractivity contribution in [2.75, 3.05) is 11.1 Å². The van der Waals surface area contributed by atoms with E-state index in [0.717, 1.165) is 16.8 Å². The zero-order valence-corrected chi connectivity index (χ0v) is 16.2. The van der Waals surface area contributed by atoms with Gasteiger partial charge in [0.15, 0.2) is 5.82 Å². The largest absolute Gasteiger partial charge is 0.439 e. The molecule has 2 heterocycles. The van der Waals surface area contributed by atoms with Gasteiger partial charge in [-0.1, -0.05) is 31.2 Å². The van der Waals surface area contributed by atoms with Gasteiger partial charge in [-0.25, -0.2) is 4.98 Å². The quantitative estimate of drug-likeness (QED) is 0.453. The fourth-order valence-corrected chi connectivity index (χ4v) is 2.83. The Bertz CT molecular complexity index is 1140. The number of anilines is 3. The molecule has 0 aliphatic rings. The molecule has 0 aliphatic carbocycles. The SMILES string of the molecule is CCc1nc(N)cc(Oc2cccc(-c3nc(Nc4cccc(C)c4)n[nH]3)c2)n1. The molecule has 8 nitrogen and oxygen atoms in total. The van der Waals surface area contributed by atoms with E-state index in [2.05, 4.69) is 30.5 Å². The van der Waals surface area contributed by atoms with Gasteiger partial charge in [0.05, 0.1) is 0 Å². The lowest BCUT2D eigenvalue weighted by atomic mass is 10.2. The summed E-state index contributed by atoms with van der Waals surface area (Å²) in [5.41, 5.74) is 8.75. The van der Waals surface area contributed by atoms with Gasteiger partial charge in [-0.05, 0) is 36.8 Å². The minimum absolute atomic E-state index is 0.380. The number of nitrogens with one attached hydrogen (secondary N) is 2. The molecule has 0 aliphatic heterocycles. The van der Waals surface area contributed by atoms with Crippen molar-refractivity contribution in [3.8, 4) is 23.0 Å². The Balaban J connectivity index is 1.53. The number of nitrogens with two attached hydrogens (primary N) is 1. The first-order chi connectivity index (χ1) is 14.1. The van der Waals surface area contributed by atoms with Crippen LogP contribution in [0, 0.1) is 6.92 Å². The lowest BCUT2D eigenvalue weighted by Gasteiger charge is -2.07. The molecule has 0 saturated heterocycles. The predicted molar refractivity (Wildman–Crippen MR) is 112 cm³/mol. The minimum atomic E-state index is 0.380. The van der Waals surface area contributed by atoms with Crippen molar-refractivity contribution in [2.24, 2.45) is 0 Å². The Morgan fingerprint density at radius 1 is 1.03 bits per heavy atom. The van der Waals surface area contributed by atoms with Crippen LogP contribution in [0.5, 0.6) is 11.6 Å². The Kier molecular flexibility index (Phi) is 5.07. The Morgan fingerprint density at radius 3 is 2.72 bits per heavy atom. The fraction of sp³-hybridized carbons (Fsp3) is 0.143. The molecule has 0 fully saturated rings. The summed E-state index contributed by atoms with van der Waals surface area (Å²) in [6, 6.07) is 17.1. The monoisotopic (exact) mass is 387 g/mol. The number of aromatic amines is 1. The molecule has 0 spiro atoms. The van der Waals surface area contributed by atoms with Gasteiger partial charge in [-0.3, -0.25) is 5.10 Å². The van der Waals surface area contributed by atoms with Crippen LogP contribution in [0.1, 0.15) is 18.3 Å². The maximum Gasteiger partial charge on any atom is 0.246 e. The summed E-state index contributed by atoms with van der Waals surface area (Å²) in [7, 11) is 0. The van der Waals surface area contributed by atoms with Crippen molar-refractivity contribution in [3.63, 3.8) is 0 Å². The number of ether oxygens (including phenoxy) is 1. The van der Waals surface area contributed by atoms with Gasteiger partial charge < -0.3 is 15.8 Å². The van der Waals surface area contributed by atoms with Crippen LogP contribution < -0.4 is 15.8 Å². The van der Waals surface area contributed by atoms with E-state index in [1.54, 1.807) is 6.07 Å². The topological polar surface area (TPSA) is 115 Å². The molecule has 8 heteroatoms. The molecular weight excluding hydrogens is 366 g/mol. The van der Waals surface area contributed by atoms with Crippen molar-refractivity contribution < 1.29 is 4.74 Å². The molecule has 29 heavy (non-hydrogen) atoms. The molecule has 0 saturated carbocycles. The van der Waals surface area contributed by atoms with Crippen LogP contribution in [0.3, 0.4) is 0 Å². The van der Waals surface area contributed by atoms with Crippen LogP contribution in [-0.4, -0.2) is 25.1 Å². The van der Waals surface area contributed by atoms with Crippen molar-refractivity contribution in [3.05, 3.63) is 66.0 Å². The summed E-state index contributed by atoms with van der Waals surface area (Å²) in [5.74, 6) is 3.16. The molecule has 0 amide bonds. The Hall–Kier alpha value is -3.94. The molecule has 0 radical (unpaired) electrons. The second-order valence-electron chi connectivity index (χ2n) is 6.53. The number of aryl methyl sites for hydroxylation is 2. The standard InChI is InChI=1S/C21H21N7O/c1-3-18-24-17(22)12-19(25-18)29-16-9-5-7-14(11-16)20-26-21(28-27-20)23-15-8-4-6-13(2)10-15/h4-12H,3H2,1-2H3,(H2,22,24,25)(H2,23,26,27,28). The highest BCUT2D eigenvalue weighted by atomic mass is 16.5. The van der Waals surface area contributed by atoms with E-state index in [1.165, 1.54) is 0 Å². The number of hydrogen-bond acceptors (Lipinski definition) is 7. The number of nitrogens with zero attached hydrogens (tertiary/aromatic N) is 4. The third-order valence-electron chi connectivity index (χ3n) is 4.17. The van der Waals surface area contributed by atoms with E-state index in [9.17, 15) is 0 Å². The maximum atomic E-state index is 5.87. The smallest absolute Gasteiger partial charge is 0.246 e. The second kappa shape index (κ2) is 7.97. The molecule has 146 valence electrons. The van der Waals surface area contributed by atoms with Crippen molar-refractivity contribution in [1.82, 2.24) is 25.1 Å². The van der Waals surface area contributed by atoms with Crippen LogP contribution in [0.4, 0.5) is 17.5 Å². The van der Waals surface area contributed by atoms with Gasteiger partial charge >= 0.3 is 0 Å². The zero-order valence-electron chi connectivity index (χ0n) is 16.2. The summed E-state index contributed by atoms with van der Waals surface area (Å²) in [4.78, 5) is 13.0. The minimum Gasteiger partial charge on any atom is -0.439 e. The molecular formula is C21H21N7O. The van der Waals surface area contributed by atoms with Crippen LogP contribution in [-0.2, 0) is 6.42 Å². The molecule has 4 rings (SSSR count). The first-order valence-electron chi connectivity index (χ1n) is 9.27. The van der Waals surface area contributed by atoms with Crippen LogP contribution in [0.25, 0.3) is 11.4 Å². The highest BCUT2D eigenvalue weighted by Gasteiger charge is 2.09. The number of nitrogen functional groups attached to an aromatic ring is 1. The third-order valence-corrected chi connectivity index (χ3v) is 4.17. The van der Waals surface area contributed by atoms with Crippen molar-refractivity contribution >= 4 is 17.5 Å². The molecule has 4 aromatic rings. The highest BCUT2D eigenvalue weighted by Crippen LogP contribution is 2.26. The Morgan fingerprint density at radius 2 is 1.90 bits per heavy atom. The fourth-order valence-electron chi connectivity index (χ4n) is 2.83. The van der Waals surface area contributed by atoms with Crippen LogP contribution in [0.15, 0.2) is 54.6 Å². The lowest BCUT2D eigenvalue weighted by Crippen LogP contribution is -2.00. The number of aromatic nitrogens is 5. The molecule has 2 aromatic carbocycles. The first-order valence-corrected chi connectivity index (χ1v) is 9.27. The van der Waals surface area contributed by atoms with E-state index >= 15 is 0 Å². The Labute approximate surface area is 168 Å². The first kappa shape index (κ1) is 18.4. The lowest BCUT2D eigenvalue weighted by molar-refractivity contribution is 0.459. The van der Waals surface area contributed by atoms with Gasteiger partial charge in [0.1, 0.15) is 17.4 Å². The summed E-state index contributed by atoms with van der Waals surface area (Å²) in [6.07, 6.45) is 0.677. The van der Waals surface area contributed by atoms with E-state index in [1.807, 2.05) is 62.4 Å². The van der Waals surface area contributed by atoms with Gasteiger partial charge in [0, 0.05) is 23.7 Å². The number of hydrogen-bond donors (Lipinski definition) is 3. The van der Waals surface area contributed by atoms with Gasteiger partial charge in [0.25, 0.3) is 0 Å². The summed E-state index contributed by atoms with van der Waals surface area (Å²) >= 11 is 0. The number of rotatable bonds is 6. The van der Waals surface area contributed by atoms with E-state index in [4.69, 9.17) is 10.5 Å². The van der Waals surface area contributed by atoms with Crippen molar-refractivity contribution in [2.45, 2.75) is 20.3 Å². The van der Waals surface area contributed by atoms with Gasteiger partial charge in [0.2, 0.25) is 11.8 Å². The molecule has 4 N–H and O–H groups in total. The molecule has 0 bridgehead atoms. The van der Waals surface area contributed by atoms with Gasteiger partial charge in [-0.2, -0.15) is 9.97 Å². The molecule has 0 atom stereocenters. The average Bonchev–Trinajstić information content (AvgIpc) is 3.16. The predicted octanol–water partition coefficient (Wildman–Crippen LogP) is 4.25. The number of H-pyrrole nitrogens is 1. The summed E-state index contributed by atoms with van der Waals surface area (Å²) < 4.78 is 5.87. The van der Waals surface area contributed by atoms with E-state index < -0.39 is 0 Å². The third kappa shape index (κ3) is 4.49. The molecule has 0 unspecified atom stereocenters. The van der Waals surface area contributed by atoms with E-state index in [0.29, 0.717) is 41.5 Å². The molecule has 2 aromatic heterocycles. The zero-order chi connectivity index (χ0) is 20.2.